The molecule has 0 saturated carbocycles. The first-order valence-electron chi connectivity index (χ1n) is 7.92. The molecule has 0 aromatic heterocycles. The van der Waals surface area contributed by atoms with E-state index in [4.69, 9.17) is 39.5 Å². The SMILES string of the molecule is CC(OC(=O)C1CC=CCC1C(=O)Nc1ccc(F)cc1)C(Cl)=C(Cl)Cl. The van der Waals surface area contributed by atoms with Crippen LogP contribution in [0.15, 0.2) is 45.9 Å². The lowest BCUT2D eigenvalue weighted by Gasteiger charge is -2.27. The van der Waals surface area contributed by atoms with Crippen molar-refractivity contribution in [1.82, 2.24) is 0 Å². The van der Waals surface area contributed by atoms with Crippen molar-refractivity contribution in [3.8, 4) is 0 Å². The Morgan fingerprint density at radius 3 is 2.27 bits per heavy atom. The molecular weight excluding hydrogens is 404 g/mol. The highest BCUT2D eigenvalue weighted by Gasteiger charge is 2.36. The van der Waals surface area contributed by atoms with E-state index < -0.39 is 29.7 Å². The first kappa shape index (κ1) is 20.7. The Morgan fingerprint density at radius 1 is 1.12 bits per heavy atom. The highest BCUT2D eigenvalue weighted by molar-refractivity contribution is 6.59. The van der Waals surface area contributed by atoms with Crippen LogP contribution in [0.5, 0.6) is 0 Å². The highest BCUT2D eigenvalue weighted by Crippen LogP contribution is 2.30. The van der Waals surface area contributed by atoms with Crippen molar-refractivity contribution in [2.45, 2.75) is 25.9 Å². The number of esters is 1. The monoisotopic (exact) mass is 419 g/mol. The zero-order chi connectivity index (χ0) is 19.3. The summed E-state index contributed by atoms with van der Waals surface area (Å²) in [6.07, 6.45) is 3.60. The molecule has 1 N–H and O–H groups in total. The molecule has 26 heavy (non-hydrogen) atoms. The molecule has 0 fully saturated rings. The van der Waals surface area contributed by atoms with Crippen LogP contribution >= 0.6 is 34.8 Å². The van der Waals surface area contributed by atoms with Gasteiger partial charge in [-0.2, -0.15) is 0 Å². The summed E-state index contributed by atoms with van der Waals surface area (Å²) in [5.74, 6) is -2.58. The minimum Gasteiger partial charge on any atom is -0.457 e. The molecule has 4 nitrogen and oxygen atoms in total. The molecule has 3 atom stereocenters. The molecule has 1 amide bonds. The number of benzene rings is 1. The Morgan fingerprint density at radius 2 is 1.69 bits per heavy atom. The van der Waals surface area contributed by atoms with Gasteiger partial charge >= 0.3 is 5.97 Å². The molecule has 0 heterocycles. The zero-order valence-corrected chi connectivity index (χ0v) is 16.1. The van der Waals surface area contributed by atoms with Crippen molar-refractivity contribution in [2.24, 2.45) is 11.8 Å². The van der Waals surface area contributed by atoms with Gasteiger partial charge in [0, 0.05) is 5.69 Å². The molecular formula is C18H17Cl3FNO3. The van der Waals surface area contributed by atoms with Crippen molar-refractivity contribution in [3.05, 3.63) is 51.8 Å². The summed E-state index contributed by atoms with van der Waals surface area (Å²) in [6, 6.07) is 5.39. The summed E-state index contributed by atoms with van der Waals surface area (Å²) in [6.45, 7) is 1.54. The maximum Gasteiger partial charge on any atom is 0.310 e. The van der Waals surface area contributed by atoms with Gasteiger partial charge in [0.1, 0.15) is 16.4 Å². The smallest absolute Gasteiger partial charge is 0.310 e. The molecule has 8 heteroatoms. The molecule has 1 aliphatic rings. The van der Waals surface area contributed by atoms with Crippen LogP contribution in [0.4, 0.5) is 10.1 Å². The van der Waals surface area contributed by atoms with Crippen LogP contribution in [0.3, 0.4) is 0 Å². The second kappa shape index (κ2) is 9.40. The van der Waals surface area contributed by atoms with E-state index >= 15 is 0 Å². The van der Waals surface area contributed by atoms with Gasteiger partial charge in [-0.25, -0.2) is 4.39 Å². The summed E-state index contributed by atoms with van der Waals surface area (Å²) in [4.78, 5) is 25.1. The van der Waals surface area contributed by atoms with E-state index in [9.17, 15) is 14.0 Å². The first-order chi connectivity index (χ1) is 12.3. The maximum atomic E-state index is 13.0. The van der Waals surface area contributed by atoms with Gasteiger partial charge in [0.15, 0.2) is 0 Å². The van der Waals surface area contributed by atoms with Gasteiger partial charge in [0.05, 0.1) is 16.9 Å². The molecule has 140 valence electrons. The van der Waals surface area contributed by atoms with E-state index in [1.807, 2.05) is 12.2 Å². The largest absolute Gasteiger partial charge is 0.457 e. The Bertz CT molecular complexity index is 730. The maximum absolute atomic E-state index is 13.0. The fourth-order valence-electron chi connectivity index (χ4n) is 2.60. The third-order valence-corrected chi connectivity index (χ3v) is 5.11. The van der Waals surface area contributed by atoms with Crippen molar-refractivity contribution >= 4 is 52.4 Å². The van der Waals surface area contributed by atoms with Crippen molar-refractivity contribution in [3.63, 3.8) is 0 Å². The number of carbonyl (C=O) groups excluding carboxylic acids is 2. The third kappa shape index (κ3) is 5.47. The second-order valence-corrected chi connectivity index (χ2v) is 7.20. The average Bonchev–Trinajstić information content (AvgIpc) is 2.62. The predicted octanol–water partition coefficient (Wildman–Crippen LogP) is 5.16. The van der Waals surface area contributed by atoms with Crippen molar-refractivity contribution in [1.29, 1.82) is 0 Å². The minimum atomic E-state index is -0.819. The normalized spacial score (nSPS) is 20.2. The number of amides is 1. The Labute approximate surface area is 165 Å². The fraction of sp³-hybridized carbons (Fsp3) is 0.333. The number of hydrogen-bond donors (Lipinski definition) is 1. The minimum absolute atomic E-state index is 0.0142. The molecule has 0 aliphatic heterocycles. The number of ether oxygens (including phenoxy) is 1. The summed E-state index contributed by atoms with van der Waals surface area (Å²) in [5, 5.41) is 2.71. The second-order valence-electron chi connectivity index (χ2n) is 5.84. The number of hydrogen-bond acceptors (Lipinski definition) is 3. The van der Waals surface area contributed by atoms with Gasteiger partial charge in [-0.05, 0) is 44.0 Å². The summed E-state index contributed by atoms with van der Waals surface area (Å²) in [5.41, 5.74) is 0.450. The van der Waals surface area contributed by atoms with Gasteiger partial charge in [-0.1, -0.05) is 47.0 Å². The molecule has 0 saturated heterocycles. The number of rotatable bonds is 5. The average molecular weight is 421 g/mol. The molecule has 1 aromatic carbocycles. The van der Waals surface area contributed by atoms with Crippen LogP contribution in [0.25, 0.3) is 0 Å². The van der Waals surface area contributed by atoms with Gasteiger partial charge in [-0.3, -0.25) is 9.59 Å². The fourth-order valence-corrected chi connectivity index (χ4v) is 2.95. The van der Waals surface area contributed by atoms with E-state index in [2.05, 4.69) is 5.32 Å². The van der Waals surface area contributed by atoms with E-state index in [1.54, 1.807) is 0 Å². The molecule has 0 spiro atoms. The van der Waals surface area contributed by atoms with E-state index in [1.165, 1.54) is 31.2 Å². The predicted molar refractivity (Wildman–Crippen MR) is 101 cm³/mol. The lowest BCUT2D eigenvalue weighted by molar-refractivity contribution is -0.155. The Balaban J connectivity index is 2.07. The summed E-state index contributed by atoms with van der Waals surface area (Å²) >= 11 is 17.1. The third-order valence-electron chi connectivity index (χ3n) is 4.01. The summed E-state index contributed by atoms with van der Waals surface area (Å²) < 4.78 is 18.1. The van der Waals surface area contributed by atoms with E-state index in [0.717, 1.165) is 0 Å². The van der Waals surface area contributed by atoms with E-state index in [0.29, 0.717) is 18.5 Å². The molecule has 1 aromatic rings. The van der Waals surface area contributed by atoms with Crippen LogP contribution in [-0.2, 0) is 14.3 Å². The van der Waals surface area contributed by atoms with Gasteiger partial charge in [0.2, 0.25) is 5.91 Å². The quantitative estimate of drug-likeness (QED) is 0.528. The lowest BCUT2D eigenvalue weighted by Crippen LogP contribution is -2.36. The van der Waals surface area contributed by atoms with Crippen LogP contribution in [-0.4, -0.2) is 18.0 Å². The highest BCUT2D eigenvalue weighted by atomic mass is 35.5. The first-order valence-corrected chi connectivity index (χ1v) is 9.05. The van der Waals surface area contributed by atoms with Gasteiger partial charge in [0.25, 0.3) is 0 Å². The Kier molecular flexibility index (Phi) is 7.50. The number of nitrogens with one attached hydrogen (secondary N) is 1. The van der Waals surface area contributed by atoms with Crippen LogP contribution < -0.4 is 5.32 Å². The van der Waals surface area contributed by atoms with Crippen LogP contribution in [0.1, 0.15) is 19.8 Å². The van der Waals surface area contributed by atoms with Crippen molar-refractivity contribution < 1.29 is 18.7 Å². The number of allylic oxidation sites excluding steroid dienone is 2. The molecule has 2 rings (SSSR count). The number of anilines is 1. The zero-order valence-electron chi connectivity index (χ0n) is 13.8. The van der Waals surface area contributed by atoms with Crippen molar-refractivity contribution in [2.75, 3.05) is 5.32 Å². The van der Waals surface area contributed by atoms with Crippen LogP contribution in [0.2, 0.25) is 0 Å². The number of carbonyl (C=O) groups is 2. The number of halogens is 4. The van der Waals surface area contributed by atoms with E-state index in [-0.39, 0.29) is 15.4 Å². The summed E-state index contributed by atoms with van der Waals surface area (Å²) in [7, 11) is 0. The molecule has 0 bridgehead atoms. The van der Waals surface area contributed by atoms with Gasteiger partial charge < -0.3 is 10.1 Å². The molecule has 1 aliphatic carbocycles. The molecule has 3 unspecified atom stereocenters. The molecule has 0 radical (unpaired) electrons. The van der Waals surface area contributed by atoms with Gasteiger partial charge in [-0.15, -0.1) is 0 Å². The lowest BCUT2D eigenvalue weighted by atomic mass is 9.82. The topological polar surface area (TPSA) is 55.4 Å². The van der Waals surface area contributed by atoms with Crippen LogP contribution in [0, 0.1) is 17.7 Å². The Hall–Kier alpha value is -1.56. The standard InChI is InChI=1S/C18H17Cl3FNO3/c1-10(15(19)16(20)21)26-18(25)14-5-3-2-4-13(14)17(24)23-12-8-6-11(22)7-9-12/h2-3,6-10,13-14H,4-5H2,1H3,(H,23,24).